The zero-order valence-corrected chi connectivity index (χ0v) is 28.1. The first-order valence-electron chi connectivity index (χ1n) is 12.2. The second-order valence-corrected chi connectivity index (χ2v) is 8.52. The molecule has 4 rings (SSSR count). The molecule has 0 spiro atoms. The molecule has 0 amide bonds. The monoisotopic (exact) mass is 566 g/mol. The van der Waals surface area contributed by atoms with E-state index in [1.165, 1.54) is 12.1 Å². The maximum atomic E-state index is 12.1. The van der Waals surface area contributed by atoms with Crippen molar-refractivity contribution in [3.63, 3.8) is 0 Å². The number of halogens is 1. The summed E-state index contributed by atoms with van der Waals surface area (Å²) in [6.45, 7) is 11.6. The van der Waals surface area contributed by atoms with Gasteiger partial charge in [0.2, 0.25) is 5.36 Å². The number of carboxylic acid groups (broad SMARTS) is 2. The minimum atomic E-state index is -1.46. The average Bonchev–Trinajstić information content (AvgIpc) is 2.88. The standard InChI is InChI=1S/C29H30N2O5.ClH.2Na/c1-5-30(6-2)19-10-13-22-25(16-19)36-26-17-20(31(7-3)8-4)11-14-23(26)27(22)21-12-9-18(28(32)33)15-24(21)29(34)35;;;/h9-17H,5-8H2,1-4H3,(H-,32,33,34,35);1H;;/q;;2*+1/p-2. The number of carboxylic acids is 2. The summed E-state index contributed by atoms with van der Waals surface area (Å²) < 4.78 is 8.61. The number of nitrogens with zero attached hydrogens (tertiary/aromatic N) is 2. The Morgan fingerprint density at radius 3 is 2.03 bits per heavy atom. The fourth-order valence-corrected chi connectivity index (χ4v) is 4.79. The molecule has 7 nitrogen and oxygen atoms in total. The van der Waals surface area contributed by atoms with Crippen LogP contribution in [0.2, 0.25) is 0 Å². The molecule has 0 bridgehead atoms. The van der Waals surface area contributed by atoms with Gasteiger partial charge in [0.15, 0.2) is 0 Å². The van der Waals surface area contributed by atoms with Crippen molar-refractivity contribution in [1.82, 2.24) is 4.58 Å². The van der Waals surface area contributed by atoms with E-state index in [1.807, 2.05) is 36.4 Å². The van der Waals surface area contributed by atoms with E-state index in [2.05, 4.69) is 37.2 Å². The van der Waals surface area contributed by atoms with Crippen LogP contribution in [0.3, 0.4) is 0 Å². The van der Waals surface area contributed by atoms with E-state index in [1.54, 1.807) is 0 Å². The summed E-state index contributed by atoms with van der Waals surface area (Å²) in [5.41, 5.74) is 2.88. The zero-order valence-electron chi connectivity index (χ0n) is 23.3. The molecule has 1 heterocycles. The third-order valence-electron chi connectivity index (χ3n) is 6.69. The number of anilines is 1. The number of hydrogen-bond acceptors (Lipinski definition) is 6. The van der Waals surface area contributed by atoms with Gasteiger partial charge in [0, 0.05) is 53.0 Å². The maximum absolute atomic E-state index is 12.1. The number of aromatic carboxylic acids is 2. The van der Waals surface area contributed by atoms with Crippen LogP contribution in [-0.2, 0) is 0 Å². The van der Waals surface area contributed by atoms with Crippen LogP contribution in [0.1, 0.15) is 48.4 Å². The van der Waals surface area contributed by atoms with Gasteiger partial charge in [0.25, 0.3) is 0 Å². The van der Waals surface area contributed by atoms with E-state index in [4.69, 9.17) is 4.42 Å². The summed E-state index contributed by atoms with van der Waals surface area (Å²) in [6, 6.07) is 15.7. The Morgan fingerprint density at radius 1 is 0.821 bits per heavy atom. The molecule has 0 unspecified atom stereocenters. The van der Waals surface area contributed by atoms with Gasteiger partial charge in [0.1, 0.15) is 24.4 Å². The molecule has 2 aromatic carbocycles. The van der Waals surface area contributed by atoms with E-state index < -0.39 is 11.9 Å². The van der Waals surface area contributed by atoms with Crippen molar-refractivity contribution in [2.75, 3.05) is 31.1 Å². The Hall–Kier alpha value is -1.84. The molecule has 1 aliphatic heterocycles. The second-order valence-electron chi connectivity index (χ2n) is 8.52. The first-order chi connectivity index (χ1) is 17.3. The summed E-state index contributed by atoms with van der Waals surface area (Å²) >= 11 is 0. The SMILES string of the molecule is CCN(CC)c1ccc2c(-c3ccc(C(=O)[O-])cc3C(=O)[O-])c3ccc(=[N+](CC)CC)cc-3oc2c1.[Cl-].[Na+].[Na+]. The summed E-state index contributed by atoms with van der Waals surface area (Å²) in [4.78, 5) is 25.7. The van der Waals surface area contributed by atoms with Crippen LogP contribution >= 0.6 is 0 Å². The molecule has 0 saturated heterocycles. The van der Waals surface area contributed by atoms with Gasteiger partial charge in [-0.2, -0.15) is 0 Å². The summed E-state index contributed by atoms with van der Waals surface area (Å²) in [6.07, 6.45) is 0. The van der Waals surface area contributed by atoms with Gasteiger partial charge in [-0.05, 0) is 63.1 Å². The van der Waals surface area contributed by atoms with Crippen molar-refractivity contribution < 1.29 is 95.7 Å². The van der Waals surface area contributed by atoms with Crippen LogP contribution in [0, 0.1) is 0 Å². The number of fused-ring (bicyclic) bond motifs is 2. The Bertz CT molecular complexity index is 1510. The zero-order chi connectivity index (χ0) is 26.0. The van der Waals surface area contributed by atoms with Crippen LogP contribution < -0.4 is 96.6 Å². The number of carbonyl (C=O) groups is 2. The van der Waals surface area contributed by atoms with Crippen molar-refractivity contribution in [2.45, 2.75) is 27.7 Å². The Balaban J connectivity index is 0.00000253. The molecule has 0 N–H and O–H groups in total. The molecule has 0 fully saturated rings. The van der Waals surface area contributed by atoms with Crippen LogP contribution in [0.15, 0.2) is 59.0 Å². The average molecular weight is 567 g/mol. The fraction of sp³-hybridized carbons (Fsp3) is 0.276. The van der Waals surface area contributed by atoms with Crippen molar-refractivity contribution >= 4 is 28.6 Å². The first kappa shape index (κ1) is 35.2. The van der Waals surface area contributed by atoms with Crippen molar-refractivity contribution in [2.24, 2.45) is 0 Å². The quantitative estimate of drug-likeness (QED) is 0.120. The van der Waals surface area contributed by atoms with Crippen LogP contribution in [0.4, 0.5) is 5.69 Å². The number of rotatable bonds is 8. The predicted octanol–water partition coefficient (Wildman–Crippen LogP) is -6.40. The fourth-order valence-electron chi connectivity index (χ4n) is 4.79. The molecule has 0 aromatic heterocycles. The van der Waals surface area contributed by atoms with E-state index in [0.29, 0.717) is 22.5 Å². The summed E-state index contributed by atoms with van der Waals surface area (Å²) in [7, 11) is 0. The minimum absolute atomic E-state index is 0. The molecule has 2 aromatic rings. The van der Waals surface area contributed by atoms with Gasteiger partial charge in [-0.25, -0.2) is 4.58 Å². The van der Waals surface area contributed by atoms with E-state index >= 15 is 0 Å². The van der Waals surface area contributed by atoms with Crippen molar-refractivity contribution in [3.8, 4) is 22.5 Å². The number of benzene rings is 3. The minimum Gasteiger partial charge on any atom is -1.00 e. The summed E-state index contributed by atoms with van der Waals surface area (Å²) in [5.74, 6) is -2.31. The summed E-state index contributed by atoms with van der Waals surface area (Å²) in [5, 5.41) is 25.3. The second kappa shape index (κ2) is 15.2. The molecular formula is C29H29ClN2Na2O5. The molecule has 1 aliphatic carbocycles. The first-order valence-corrected chi connectivity index (χ1v) is 12.2. The third kappa shape index (κ3) is 7.09. The smallest absolute Gasteiger partial charge is 1.00 e. The molecule has 2 aliphatic rings. The van der Waals surface area contributed by atoms with Crippen LogP contribution in [0.25, 0.3) is 33.4 Å². The van der Waals surface area contributed by atoms with Crippen LogP contribution in [0.5, 0.6) is 0 Å². The van der Waals surface area contributed by atoms with Crippen LogP contribution in [-0.4, -0.2) is 38.1 Å². The molecule has 0 atom stereocenters. The normalized spacial score (nSPS) is 10.3. The van der Waals surface area contributed by atoms with Gasteiger partial charge in [-0.3, -0.25) is 0 Å². The van der Waals surface area contributed by atoms with E-state index in [-0.39, 0.29) is 82.6 Å². The maximum Gasteiger partial charge on any atom is 1.00 e. The predicted molar refractivity (Wildman–Crippen MR) is 137 cm³/mol. The number of hydrogen-bond donors (Lipinski definition) is 0. The van der Waals surface area contributed by atoms with Gasteiger partial charge in [0.05, 0.1) is 18.0 Å². The topological polar surface area (TPSA) is 99.7 Å². The van der Waals surface area contributed by atoms with Gasteiger partial charge in [-0.1, -0.05) is 12.1 Å². The molecule has 10 heteroatoms. The molecule has 0 saturated carbocycles. The largest absolute Gasteiger partial charge is 1.00 e. The van der Waals surface area contributed by atoms with Crippen molar-refractivity contribution in [1.29, 1.82) is 0 Å². The van der Waals surface area contributed by atoms with E-state index in [9.17, 15) is 19.8 Å². The Labute approximate surface area is 278 Å². The molecule has 194 valence electrons. The third-order valence-corrected chi connectivity index (χ3v) is 6.69. The Morgan fingerprint density at radius 2 is 1.46 bits per heavy atom. The Kier molecular flexibility index (Phi) is 13.7. The van der Waals surface area contributed by atoms with Gasteiger partial charge >= 0.3 is 59.1 Å². The van der Waals surface area contributed by atoms with Gasteiger partial charge in [-0.15, -0.1) is 0 Å². The molecular weight excluding hydrogens is 538 g/mol. The molecule has 0 radical (unpaired) electrons. The van der Waals surface area contributed by atoms with Gasteiger partial charge < -0.3 is 41.5 Å². The van der Waals surface area contributed by atoms with E-state index in [0.717, 1.165) is 54.2 Å². The number of carbonyl (C=O) groups excluding carboxylic acids is 2. The van der Waals surface area contributed by atoms with Crippen molar-refractivity contribution in [3.05, 3.63) is 71.1 Å². The molecule has 39 heavy (non-hydrogen) atoms.